The summed E-state index contributed by atoms with van der Waals surface area (Å²) in [6.45, 7) is 5.92. The number of esters is 1. The lowest BCUT2D eigenvalue weighted by Crippen LogP contribution is -2.54. The van der Waals surface area contributed by atoms with Crippen molar-refractivity contribution in [3.05, 3.63) is 71.8 Å². The zero-order valence-corrected chi connectivity index (χ0v) is 19.6. The first-order valence-corrected chi connectivity index (χ1v) is 11.9. The second-order valence-electron chi connectivity index (χ2n) is 9.15. The van der Waals surface area contributed by atoms with Crippen LogP contribution in [0.3, 0.4) is 0 Å². The Morgan fingerprint density at radius 3 is 1.90 bits per heavy atom. The van der Waals surface area contributed by atoms with E-state index in [1.807, 2.05) is 62.4 Å². The Morgan fingerprint density at radius 1 is 0.806 bits per heavy atom. The number of hydrogen-bond acceptors (Lipinski definition) is 3. The zero-order chi connectivity index (χ0) is 22.6. The molecular weight excluding hydrogens is 384 g/mol. The first kappa shape index (κ1) is 25.1. The molecule has 0 aliphatic heterocycles. The highest BCUT2D eigenvalue weighted by Gasteiger charge is 2.46. The molecule has 2 atom stereocenters. The molecule has 0 aromatic heterocycles. The van der Waals surface area contributed by atoms with Crippen LogP contribution in [0, 0.1) is 0 Å². The molecule has 0 bridgehead atoms. The van der Waals surface area contributed by atoms with Crippen molar-refractivity contribution < 1.29 is 14.6 Å². The standard InChI is InChI=1S/C28H40O3/c1-4-5-6-7-8-9-10-17-22-27(2,30)28(3,23-24-18-13-11-14-19-24)31-26(29)25-20-15-12-16-21-25/h11-16,18-21,30H,4-10,17,22-23H2,1-3H3. The van der Waals surface area contributed by atoms with Crippen molar-refractivity contribution in [1.82, 2.24) is 0 Å². The summed E-state index contributed by atoms with van der Waals surface area (Å²) in [5.74, 6) is -0.393. The molecule has 0 saturated carbocycles. The SMILES string of the molecule is CCCCCCCCCCC(C)(O)C(C)(Cc1ccccc1)OC(=O)c1ccccc1. The quantitative estimate of drug-likeness (QED) is 0.259. The van der Waals surface area contributed by atoms with Crippen LogP contribution in [0.25, 0.3) is 0 Å². The molecule has 3 heteroatoms. The van der Waals surface area contributed by atoms with Gasteiger partial charge in [0.1, 0.15) is 11.2 Å². The zero-order valence-electron chi connectivity index (χ0n) is 19.6. The number of ether oxygens (including phenoxy) is 1. The number of rotatable bonds is 14. The molecule has 0 aliphatic carbocycles. The van der Waals surface area contributed by atoms with Gasteiger partial charge in [-0.3, -0.25) is 0 Å². The Kier molecular flexibility index (Phi) is 10.3. The summed E-state index contributed by atoms with van der Waals surface area (Å²) >= 11 is 0. The Balaban J connectivity index is 2.02. The van der Waals surface area contributed by atoms with Gasteiger partial charge >= 0.3 is 5.97 Å². The maximum atomic E-state index is 12.9. The molecular formula is C28H40O3. The van der Waals surface area contributed by atoms with Gasteiger partial charge in [0.15, 0.2) is 0 Å². The van der Waals surface area contributed by atoms with Crippen molar-refractivity contribution in [3.8, 4) is 0 Å². The highest BCUT2D eigenvalue weighted by atomic mass is 16.6. The van der Waals surface area contributed by atoms with Crippen LogP contribution in [-0.2, 0) is 11.2 Å². The van der Waals surface area contributed by atoms with E-state index in [9.17, 15) is 9.90 Å². The van der Waals surface area contributed by atoms with Crippen molar-refractivity contribution in [2.75, 3.05) is 0 Å². The lowest BCUT2D eigenvalue weighted by molar-refractivity contribution is -0.141. The average Bonchev–Trinajstić information content (AvgIpc) is 2.76. The maximum absolute atomic E-state index is 12.9. The molecule has 2 aromatic carbocycles. The molecule has 0 amide bonds. The van der Waals surface area contributed by atoms with Crippen LogP contribution < -0.4 is 0 Å². The molecule has 0 spiro atoms. The molecule has 0 aliphatic rings. The fourth-order valence-corrected chi connectivity index (χ4v) is 4.03. The van der Waals surface area contributed by atoms with E-state index in [-0.39, 0.29) is 0 Å². The first-order valence-electron chi connectivity index (χ1n) is 11.9. The van der Waals surface area contributed by atoms with Crippen LogP contribution >= 0.6 is 0 Å². The summed E-state index contributed by atoms with van der Waals surface area (Å²) < 4.78 is 6.03. The van der Waals surface area contributed by atoms with Crippen LogP contribution in [0.15, 0.2) is 60.7 Å². The van der Waals surface area contributed by atoms with Crippen molar-refractivity contribution in [2.24, 2.45) is 0 Å². The summed E-state index contributed by atoms with van der Waals surface area (Å²) in [6, 6.07) is 19.0. The Morgan fingerprint density at radius 2 is 1.32 bits per heavy atom. The number of benzene rings is 2. The molecule has 2 aromatic rings. The summed E-state index contributed by atoms with van der Waals surface area (Å²) in [4.78, 5) is 12.9. The van der Waals surface area contributed by atoms with Crippen molar-refractivity contribution in [2.45, 2.75) is 96.2 Å². The van der Waals surface area contributed by atoms with Gasteiger partial charge in [-0.15, -0.1) is 0 Å². The van der Waals surface area contributed by atoms with Crippen LogP contribution in [0.4, 0.5) is 0 Å². The minimum Gasteiger partial charge on any atom is -0.452 e. The number of hydrogen-bond donors (Lipinski definition) is 1. The summed E-state index contributed by atoms with van der Waals surface area (Å²) in [5, 5.41) is 11.5. The summed E-state index contributed by atoms with van der Waals surface area (Å²) in [6.07, 6.45) is 10.7. The van der Waals surface area contributed by atoms with E-state index in [1.165, 1.54) is 38.5 Å². The topological polar surface area (TPSA) is 46.5 Å². The molecule has 31 heavy (non-hydrogen) atoms. The van der Waals surface area contributed by atoms with Crippen LogP contribution in [0.5, 0.6) is 0 Å². The van der Waals surface area contributed by atoms with E-state index < -0.39 is 17.2 Å². The van der Waals surface area contributed by atoms with Crippen molar-refractivity contribution in [3.63, 3.8) is 0 Å². The second kappa shape index (κ2) is 12.7. The van der Waals surface area contributed by atoms with E-state index in [0.29, 0.717) is 18.4 Å². The predicted molar refractivity (Wildman–Crippen MR) is 128 cm³/mol. The van der Waals surface area contributed by atoms with E-state index in [2.05, 4.69) is 6.92 Å². The summed E-state index contributed by atoms with van der Waals surface area (Å²) in [5.41, 5.74) is -0.607. The Hall–Kier alpha value is -2.13. The van der Waals surface area contributed by atoms with Gasteiger partial charge in [0, 0.05) is 6.42 Å². The van der Waals surface area contributed by atoms with E-state index in [1.54, 1.807) is 12.1 Å². The molecule has 3 nitrogen and oxygen atoms in total. The third-order valence-electron chi connectivity index (χ3n) is 6.37. The predicted octanol–water partition coefficient (Wildman–Crippen LogP) is 7.13. The number of carbonyl (C=O) groups is 1. The molecule has 0 radical (unpaired) electrons. The average molecular weight is 425 g/mol. The van der Waals surface area contributed by atoms with Gasteiger partial charge in [0.2, 0.25) is 0 Å². The fourth-order valence-electron chi connectivity index (χ4n) is 4.03. The smallest absolute Gasteiger partial charge is 0.338 e. The normalized spacial score (nSPS) is 15.1. The van der Waals surface area contributed by atoms with Crippen LogP contribution in [-0.4, -0.2) is 22.3 Å². The van der Waals surface area contributed by atoms with Gasteiger partial charge in [-0.2, -0.15) is 0 Å². The van der Waals surface area contributed by atoms with Crippen molar-refractivity contribution >= 4 is 5.97 Å². The molecule has 0 fully saturated rings. The lowest BCUT2D eigenvalue weighted by atomic mass is 9.77. The monoisotopic (exact) mass is 424 g/mol. The van der Waals surface area contributed by atoms with E-state index in [0.717, 1.165) is 18.4 Å². The van der Waals surface area contributed by atoms with Crippen LogP contribution in [0.1, 0.15) is 94.5 Å². The highest BCUT2D eigenvalue weighted by molar-refractivity contribution is 5.89. The van der Waals surface area contributed by atoms with Gasteiger partial charge < -0.3 is 9.84 Å². The molecule has 170 valence electrons. The van der Waals surface area contributed by atoms with Gasteiger partial charge in [0.05, 0.1) is 5.56 Å². The molecule has 2 unspecified atom stereocenters. The number of aliphatic hydroxyl groups is 1. The minimum atomic E-state index is -1.13. The number of unbranched alkanes of at least 4 members (excludes halogenated alkanes) is 7. The van der Waals surface area contributed by atoms with Crippen LogP contribution in [0.2, 0.25) is 0 Å². The van der Waals surface area contributed by atoms with E-state index >= 15 is 0 Å². The lowest BCUT2D eigenvalue weighted by Gasteiger charge is -2.42. The first-order chi connectivity index (χ1) is 14.9. The van der Waals surface area contributed by atoms with Gasteiger partial charge in [-0.1, -0.05) is 107 Å². The third kappa shape index (κ3) is 8.14. The minimum absolute atomic E-state index is 0.393. The Bertz CT molecular complexity index is 754. The fraction of sp³-hybridized carbons (Fsp3) is 0.536. The Labute approximate surface area is 188 Å². The van der Waals surface area contributed by atoms with E-state index in [4.69, 9.17) is 4.74 Å². The highest BCUT2D eigenvalue weighted by Crippen LogP contribution is 2.35. The summed E-state index contributed by atoms with van der Waals surface area (Å²) in [7, 11) is 0. The maximum Gasteiger partial charge on any atom is 0.338 e. The molecule has 0 heterocycles. The van der Waals surface area contributed by atoms with Gasteiger partial charge in [-0.05, 0) is 38.0 Å². The van der Waals surface area contributed by atoms with Gasteiger partial charge in [-0.25, -0.2) is 4.79 Å². The largest absolute Gasteiger partial charge is 0.452 e. The third-order valence-corrected chi connectivity index (χ3v) is 6.37. The van der Waals surface area contributed by atoms with Crippen molar-refractivity contribution in [1.29, 1.82) is 0 Å². The molecule has 0 saturated heterocycles. The molecule has 2 rings (SSSR count). The van der Waals surface area contributed by atoms with Gasteiger partial charge in [0.25, 0.3) is 0 Å². The molecule has 1 N–H and O–H groups in total. The second-order valence-corrected chi connectivity index (χ2v) is 9.15. The number of carbonyl (C=O) groups excluding carboxylic acids is 1.